The Kier molecular flexibility index (Phi) is 12.2. The van der Waals surface area contributed by atoms with Gasteiger partial charge in [0.05, 0.1) is 35.2 Å². The molecule has 2 aliphatic heterocycles. The molecule has 64 heavy (non-hydrogen) atoms. The first-order valence-corrected chi connectivity index (χ1v) is 24.1. The number of ether oxygens (including phenoxy) is 2. The number of halogens is 3. The average molecular weight is 923 g/mol. The fourth-order valence-corrected chi connectivity index (χ4v) is 10.8. The van der Waals surface area contributed by atoms with E-state index in [-0.39, 0.29) is 37.4 Å². The van der Waals surface area contributed by atoms with E-state index in [9.17, 15) is 36.0 Å². The molecule has 8 rings (SSSR count). The number of aromatic nitrogens is 2. The van der Waals surface area contributed by atoms with Gasteiger partial charge in [-0.05, 0) is 88.6 Å². The number of hydrogen-bond acceptors (Lipinski definition) is 11. The molecule has 1 saturated heterocycles. The second-order valence-electron chi connectivity index (χ2n) is 18.0. The number of nitrogens with one attached hydrogen (secondary N) is 3. The number of hydrogen-bond donors (Lipinski definition) is 3. The number of aryl methyl sites for hydroxylation is 1. The van der Waals surface area contributed by atoms with E-state index in [4.69, 9.17) is 19.4 Å². The number of anilines is 1. The van der Waals surface area contributed by atoms with Crippen molar-refractivity contribution in [3.63, 3.8) is 0 Å². The first-order chi connectivity index (χ1) is 30.3. The van der Waals surface area contributed by atoms with E-state index >= 15 is 0 Å². The van der Waals surface area contributed by atoms with E-state index in [1.807, 2.05) is 30.5 Å². The molecule has 18 heteroatoms. The number of amides is 3. The maximum absolute atomic E-state index is 14.9. The Morgan fingerprint density at radius 2 is 1.84 bits per heavy atom. The normalized spacial score (nSPS) is 24.9. The number of methoxy groups -OCH3 is 1. The summed E-state index contributed by atoms with van der Waals surface area (Å²) in [6, 6.07) is 7.82. The van der Waals surface area contributed by atoms with Gasteiger partial charge in [0.2, 0.25) is 21.8 Å². The van der Waals surface area contributed by atoms with Gasteiger partial charge in [-0.2, -0.15) is 13.2 Å². The van der Waals surface area contributed by atoms with Gasteiger partial charge >= 0.3 is 6.18 Å². The number of carbonyl (C=O) groups is 3. The SMILES string of the molecule is COc1ccc2c(O[C@@H]3C[C@H]4C(=O)N[C@]5(C(=O)NS(=O)(=O)C6(C)CC6)C[C@H]5C=CCCCCC[C@H](Nc5cccc(C(F)(F)F)c5)C(=O)N4C3)cc(-c3nc(C(C)C)cs3)nc2c1C. The van der Waals surface area contributed by atoms with Crippen molar-refractivity contribution in [2.24, 2.45) is 5.92 Å². The van der Waals surface area contributed by atoms with E-state index in [0.29, 0.717) is 65.2 Å². The summed E-state index contributed by atoms with van der Waals surface area (Å²) in [6.45, 7) is 7.47. The molecule has 342 valence electrons. The summed E-state index contributed by atoms with van der Waals surface area (Å²) in [7, 11) is -2.48. The molecule has 13 nitrogen and oxygen atoms in total. The molecular formula is C46H53F3N6O7S2. The zero-order valence-corrected chi connectivity index (χ0v) is 38.0. The standard InChI is InChI=1S/C46H53F3N6O7S2/c1-26(2)35-25-63-41(52-35)34-22-38(32-16-17-37(61-5)27(3)39(32)51-34)62-31-21-36-40(56)53-45(43(58)54-64(59,60)44(4)18-19-44)23-29(45)12-9-7-6-8-10-15-33(42(57)55(36)24-31)50-30-14-11-13-28(20-30)46(47,48)49/h9,11-14,16-17,20,22,25-26,29,31,33,36,50H,6-8,10,15,18-19,21,23-24H2,1-5H3,(H,53,56)(H,54,58)/t29-,31-,33+,36+,45-/m1/s1. The molecule has 0 unspecified atom stereocenters. The van der Waals surface area contributed by atoms with E-state index in [1.165, 1.54) is 28.4 Å². The Balaban J connectivity index is 1.16. The number of nitrogens with zero attached hydrogens (tertiary/aromatic N) is 3. The van der Waals surface area contributed by atoms with Crippen LogP contribution in [0.5, 0.6) is 11.5 Å². The van der Waals surface area contributed by atoms with Crippen LogP contribution < -0.4 is 24.8 Å². The van der Waals surface area contributed by atoms with Gasteiger partial charge in [0, 0.05) is 40.4 Å². The van der Waals surface area contributed by atoms with Gasteiger partial charge in [-0.3, -0.25) is 19.1 Å². The molecule has 3 N–H and O–H groups in total. The van der Waals surface area contributed by atoms with Gasteiger partial charge < -0.3 is 25.0 Å². The molecule has 4 heterocycles. The fraction of sp³-hybridized carbons (Fsp3) is 0.500. The van der Waals surface area contributed by atoms with Crippen molar-refractivity contribution in [1.29, 1.82) is 0 Å². The summed E-state index contributed by atoms with van der Waals surface area (Å²) in [4.78, 5) is 54.9. The van der Waals surface area contributed by atoms with E-state index in [0.717, 1.165) is 29.8 Å². The van der Waals surface area contributed by atoms with Crippen molar-refractivity contribution in [3.05, 3.63) is 76.8 Å². The van der Waals surface area contributed by atoms with E-state index in [2.05, 4.69) is 29.2 Å². The molecule has 2 aliphatic carbocycles. The summed E-state index contributed by atoms with van der Waals surface area (Å²) in [6.07, 6.45) is 2.13. The topological polar surface area (TPSA) is 169 Å². The number of sulfonamides is 1. The number of allylic oxidation sites excluding steroid dienone is 1. The first-order valence-electron chi connectivity index (χ1n) is 21.7. The summed E-state index contributed by atoms with van der Waals surface area (Å²) >= 11 is 1.45. The highest BCUT2D eigenvalue weighted by Crippen LogP contribution is 2.48. The number of carbonyl (C=O) groups excluding carboxylic acids is 3. The van der Waals surface area contributed by atoms with Gasteiger partial charge in [-0.25, -0.2) is 18.4 Å². The van der Waals surface area contributed by atoms with E-state index in [1.54, 1.807) is 26.2 Å². The quantitative estimate of drug-likeness (QED) is 0.132. The summed E-state index contributed by atoms with van der Waals surface area (Å²) in [5.41, 5.74) is 0.451. The minimum atomic E-state index is -4.62. The molecule has 2 aromatic heterocycles. The minimum Gasteiger partial charge on any atom is -0.496 e. The summed E-state index contributed by atoms with van der Waals surface area (Å²) < 4.78 is 81.6. The lowest BCUT2D eigenvalue weighted by Gasteiger charge is -2.30. The summed E-state index contributed by atoms with van der Waals surface area (Å²) in [5.74, 6) is -1.33. The van der Waals surface area contributed by atoms with Gasteiger partial charge in [-0.1, -0.05) is 44.9 Å². The van der Waals surface area contributed by atoms with Crippen LogP contribution in [0.2, 0.25) is 0 Å². The smallest absolute Gasteiger partial charge is 0.416 e. The number of thiazole rings is 1. The largest absolute Gasteiger partial charge is 0.496 e. The van der Waals surface area contributed by atoms with Crippen LogP contribution in [-0.4, -0.2) is 83.1 Å². The summed E-state index contributed by atoms with van der Waals surface area (Å²) in [5, 5.41) is 9.26. The highest BCUT2D eigenvalue weighted by molar-refractivity contribution is 7.91. The maximum Gasteiger partial charge on any atom is 0.416 e. The lowest BCUT2D eigenvalue weighted by Crippen LogP contribution is -2.58. The van der Waals surface area contributed by atoms with Crippen LogP contribution in [0, 0.1) is 12.8 Å². The number of pyridine rings is 1. The second kappa shape index (κ2) is 17.3. The third kappa shape index (κ3) is 9.04. The predicted molar refractivity (Wildman–Crippen MR) is 238 cm³/mol. The van der Waals surface area contributed by atoms with Crippen LogP contribution in [0.3, 0.4) is 0 Å². The Labute approximate surface area is 374 Å². The average Bonchev–Trinajstić information content (AvgIpc) is 4.02. The van der Waals surface area contributed by atoms with Gasteiger partial charge in [0.15, 0.2) is 0 Å². The highest BCUT2D eigenvalue weighted by atomic mass is 32.2. The zero-order chi connectivity index (χ0) is 45.8. The molecule has 5 atom stereocenters. The maximum atomic E-state index is 14.9. The molecule has 0 bridgehead atoms. The van der Waals surface area contributed by atoms with Crippen LogP contribution in [0.4, 0.5) is 18.9 Å². The Morgan fingerprint density at radius 1 is 1.06 bits per heavy atom. The van der Waals surface area contributed by atoms with Crippen molar-refractivity contribution < 1.29 is 45.4 Å². The molecule has 2 saturated carbocycles. The van der Waals surface area contributed by atoms with Crippen LogP contribution in [0.25, 0.3) is 21.6 Å². The lowest BCUT2D eigenvalue weighted by atomic mass is 10.0. The predicted octanol–water partition coefficient (Wildman–Crippen LogP) is 8.04. The molecule has 2 aromatic carbocycles. The monoisotopic (exact) mass is 922 g/mol. The molecule has 3 amide bonds. The Bertz CT molecular complexity index is 2610. The van der Waals surface area contributed by atoms with Gasteiger partial charge in [0.25, 0.3) is 5.91 Å². The van der Waals surface area contributed by atoms with E-state index < -0.39 is 73.9 Å². The van der Waals surface area contributed by atoms with Crippen molar-refractivity contribution >= 4 is 55.7 Å². The van der Waals surface area contributed by atoms with Crippen molar-refractivity contribution in [2.75, 3.05) is 19.0 Å². The minimum absolute atomic E-state index is 0.0224. The van der Waals surface area contributed by atoms with Crippen molar-refractivity contribution in [2.45, 2.75) is 126 Å². The fourth-order valence-electron chi connectivity index (χ4n) is 8.59. The van der Waals surface area contributed by atoms with Crippen LogP contribution in [0.15, 0.2) is 60.0 Å². The number of fused-ring (bicyclic) bond motifs is 3. The number of alkyl halides is 3. The van der Waals surface area contributed by atoms with Gasteiger partial charge in [-0.15, -0.1) is 11.3 Å². The molecule has 0 spiro atoms. The van der Waals surface area contributed by atoms with Crippen LogP contribution in [0.1, 0.15) is 101 Å². The molecule has 3 fully saturated rings. The molecule has 4 aliphatic rings. The first kappa shape index (κ1) is 45.3. The lowest BCUT2D eigenvalue weighted by molar-refractivity contribution is -0.140. The molecular weight excluding hydrogens is 870 g/mol. The van der Waals surface area contributed by atoms with Crippen LogP contribution in [-0.2, 0) is 30.6 Å². The third-order valence-electron chi connectivity index (χ3n) is 13.0. The van der Waals surface area contributed by atoms with Crippen LogP contribution >= 0.6 is 11.3 Å². The van der Waals surface area contributed by atoms with Crippen molar-refractivity contribution in [1.82, 2.24) is 24.9 Å². The van der Waals surface area contributed by atoms with Gasteiger partial charge in [0.1, 0.15) is 45.9 Å². The number of benzene rings is 2. The molecule has 0 radical (unpaired) electrons. The Hall–Kier alpha value is -5.23. The highest BCUT2D eigenvalue weighted by Gasteiger charge is 2.63. The third-order valence-corrected chi connectivity index (χ3v) is 16.0. The Morgan fingerprint density at radius 3 is 2.55 bits per heavy atom. The van der Waals surface area contributed by atoms with Crippen molar-refractivity contribution in [3.8, 4) is 22.2 Å². The second-order valence-corrected chi connectivity index (χ2v) is 21.1. The molecule has 4 aromatic rings. The zero-order valence-electron chi connectivity index (χ0n) is 36.4. The number of rotatable bonds is 10.